The van der Waals surface area contributed by atoms with E-state index in [-0.39, 0.29) is 0 Å². The lowest BCUT2D eigenvalue weighted by Gasteiger charge is -2.14. The highest BCUT2D eigenvalue weighted by Crippen LogP contribution is 2.35. The van der Waals surface area contributed by atoms with Crippen LogP contribution in [0.15, 0.2) is 41.8 Å². The third kappa shape index (κ3) is 2.77. The molecule has 0 aliphatic heterocycles. The van der Waals surface area contributed by atoms with Gasteiger partial charge in [0.1, 0.15) is 0 Å². The standard InChI is InChI=1S/C16H16ClNS2/c1-2-12(14-8-5-9-19-14)18-10-15-16(17)11-6-3-4-7-13(11)20-15/h3-9,12,18H,2,10H2,1H3. The smallest absolute Gasteiger partial charge is 0.0636 e. The van der Waals surface area contributed by atoms with Crippen LogP contribution in [0, 0.1) is 0 Å². The van der Waals surface area contributed by atoms with Crippen molar-refractivity contribution >= 4 is 44.4 Å². The van der Waals surface area contributed by atoms with Crippen molar-refractivity contribution in [1.29, 1.82) is 0 Å². The second-order valence-corrected chi connectivity index (χ2v) is 7.19. The van der Waals surface area contributed by atoms with Crippen molar-refractivity contribution in [1.82, 2.24) is 5.32 Å². The summed E-state index contributed by atoms with van der Waals surface area (Å²) >= 11 is 10.1. The number of benzene rings is 1. The summed E-state index contributed by atoms with van der Waals surface area (Å²) < 4.78 is 1.26. The molecule has 4 heteroatoms. The minimum absolute atomic E-state index is 0.413. The normalized spacial score (nSPS) is 12.9. The Kier molecular flexibility index (Phi) is 4.41. The van der Waals surface area contributed by atoms with Gasteiger partial charge in [-0.1, -0.05) is 42.8 Å². The fourth-order valence-electron chi connectivity index (χ4n) is 2.33. The molecule has 20 heavy (non-hydrogen) atoms. The summed E-state index contributed by atoms with van der Waals surface area (Å²) in [5.74, 6) is 0. The van der Waals surface area contributed by atoms with Gasteiger partial charge in [0.2, 0.25) is 0 Å². The SMILES string of the molecule is CCC(NCc1sc2ccccc2c1Cl)c1cccs1. The molecule has 2 heterocycles. The van der Waals surface area contributed by atoms with E-state index < -0.39 is 0 Å². The van der Waals surface area contributed by atoms with Gasteiger partial charge in [-0.25, -0.2) is 0 Å². The third-order valence-electron chi connectivity index (χ3n) is 3.41. The summed E-state index contributed by atoms with van der Waals surface area (Å²) in [6.45, 7) is 3.04. The van der Waals surface area contributed by atoms with Crippen molar-refractivity contribution in [3.63, 3.8) is 0 Å². The minimum atomic E-state index is 0.413. The van der Waals surface area contributed by atoms with Gasteiger partial charge in [0.05, 0.1) is 5.02 Å². The predicted molar refractivity (Wildman–Crippen MR) is 91.0 cm³/mol. The van der Waals surface area contributed by atoms with Crippen molar-refractivity contribution < 1.29 is 0 Å². The van der Waals surface area contributed by atoms with E-state index in [1.165, 1.54) is 19.8 Å². The zero-order valence-corrected chi connectivity index (χ0v) is 13.6. The zero-order valence-electron chi connectivity index (χ0n) is 11.2. The van der Waals surface area contributed by atoms with E-state index in [9.17, 15) is 0 Å². The molecule has 104 valence electrons. The van der Waals surface area contributed by atoms with E-state index in [0.717, 1.165) is 18.0 Å². The maximum absolute atomic E-state index is 6.48. The Balaban J connectivity index is 1.78. The van der Waals surface area contributed by atoms with Crippen LogP contribution < -0.4 is 5.32 Å². The lowest BCUT2D eigenvalue weighted by atomic mass is 10.2. The highest BCUT2D eigenvalue weighted by atomic mass is 35.5. The number of thiophene rings is 2. The molecule has 3 rings (SSSR count). The number of fused-ring (bicyclic) bond motifs is 1. The highest BCUT2D eigenvalue weighted by Gasteiger charge is 2.13. The lowest BCUT2D eigenvalue weighted by molar-refractivity contribution is 0.530. The first-order chi connectivity index (χ1) is 9.79. The Labute approximate surface area is 132 Å². The summed E-state index contributed by atoms with van der Waals surface area (Å²) in [5, 5.41) is 7.83. The molecule has 0 radical (unpaired) electrons. The van der Waals surface area contributed by atoms with Gasteiger partial charge in [-0.2, -0.15) is 0 Å². The van der Waals surface area contributed by atoms with E-state index in [0.29, 0.717) is 6.04 Å². The Bertz CT molecular complexity index is 688. The largest absolute Gasteiger partial charge is 0.304 e. The molecule has 0 aliphatic carbocycles. The summed E-state index contributed by atoms with van der Waals surface area (Å²) in [5.41, 5.74) is 0. The van der Waals surface area contributed by atoms with Gasteiger partial charge in [0.15, 0.2) is 0 Å². The Morgan fingerprint density at radius 3 is 2.75 bits per heavy atom. The summed E-state index contributed by atoms with van der Waals surface area (Å²) in [6.07, 6.45) is 1.09. The molecule has 1 unspecified atom stereocenters. The van der Waals surface area contributed by atoms with Crippen LogP contribution in [-0.4, -0.2) is 0 Å². The first kappa shape index (κ1) is 14.1. The lowest BCUT2D eigenvalue weighted by Crippen LogP contribution is -2.18. The van der Waals surface area contributed by atoms with Crippen LogP contribution in [0.1, 0.15) is 29.1 Å². The average Bonchev–Trinajstić information content (AvgIpc) is 3.10. The van der Waals surface area contributed by atoms with Gasteiger partial charge in [0, 0.05) is 32.4 Å². The van der Waals surface area contributed by atoms with Gasteiger partial charge >= 0.3 is 0 Å². The minimum Gasteiger partial charge on any atom is -0.304 e. The number of hydrogen-bond donors (Lipinski definition) is 1. The molecular formula is C16H16ClNS2. The molecule has 0 fully saturated rings. The maximum Gasteiger partial charge on any atom is 0.0636 e. The van der Waals surface area contributed by atoms with Crippen molar-refractivity contribution in [3.05, 3.63) is 56.6 Å². The molecule has 0 bridgehead atoms. The molecule has 0 saturated heterocycles. The Hall–Kier alpha value is -0.870. The van der Waals surface area contributed by atoms with Crippen LogP contribution in [0.25, 0.3) is 10.1 Å². The van der Waals surface area contributed by atoms with Crippen LogP contribution in [-0.2, 0) is 6.54 Å². The van der Waals surface area contributed by atoms with E-state index in [4.69, 9.17) is 11.6 Å². The maximum atomic E-state index is 6.48. The number of hydrogen-bond acceptors (Lipinski definition) is 3. The van der Waals surface area contributed by atoms with Crippen molar-refractivity contribution in [2.45, 2.75) is 25.9 Å². The Morgan fingerprint density at radius 2 is 2.05 bits per heavy atom. The molecule has 1 nitrogen and oxygen atoms in total. The molecule has 0 amide bonds. The molecule has 0 aliphatic rings. The average molecular weight is 322 g/mol. The summed E-state index contributed by atoms with van der Waals surface area (Å²) in [7, 11) is 0. The summed E-state index contributed by atoms with van der Waals surface area (Å²) in [4.78, 5) is 2.62. The third-order valence-corrected chi connectivity index (χ3v) is 6.11. The first-order valence-corrected chi connectivity index (χ1v) is 8.79. The molecule has 2 aromatic heterocycles. The van der Waals surface area contributed by atoms with E-state index in [1.807, 2.05) is 17.4 Å². The molecule has 3 aromatic rings. The zero-order chi connectivity index (χ0) is 13.9. The second-order valence-electron chi connectivity index (χ2n) is 4.69. The fourth-order valence-corrected chi connectivity index (χ4v) is 4.67. The van der Waals surface area contributed by atoms with Crippen molar-refractivity contribution in [2.75, 3.05) is 0 Å². The predicted octanol–water partition coefficient (Wildman–Crippen LogP) is 5.86. The molecule has 1 aromatic carbocycles. The van der Waals surface area contributed by atoms with Gasteiger partial charge in [-0.05, 0) is 23.9 Å². The number of rotatable bonds is 5. The van der Waals surface area contributed by atoms with E-state index in [1.54, 1.807) is 11.3 Å². The van der Waals surface area contributed by atoms with Gasteiger partial charge in [0.25, 0.3) is 0 Å². The number of halogens is 1. The summed E-state index contributed by atoms with van der Waals surface area (Å²) in [6, 6.07) is 13.0. The van der Waals surface area contributed by atoms with Crippen molar-refractivity contribution in [2.24, 2.45) is 0 Å². The van der Waals surface area contributed by atoms with E-state index >= 15 is 0 Å². The fraction of sp³-hybridized carbons (Fsp3) is 0.250. The second kappa shape index (κ2) is 6.27. The molecule has 1 N–H and O–H groups in total. The topological polar surface area (TPSA) is 12.0 Å². The van der Waals surface area contributed by atoms with E-state index in [2.05, 4.69) is 48.0 Å². The van der Waals surface area contributed by atoms with Crippen LogP contribution >= 0.6 is 34.3 Å². The first-order valence-electron chi connectivity index (χ1n) is 6.72. The monoisotopic (exact) mass is 321 g/mol. The van der Waals surface area contributed by atoms with Gasteiger partial charge in [-0.3, -0.25) is 0 Å². The molecule has 0 spiro atoms. The molecule has 0 saturated carbocycles. The van der Waals surface area contributed by atoms with Crippen LogP contribution in [0.3, 0.4) is 0 Å². The molecular weight excluding hydrogens is 306 g/mol. The number of nitrogens with one attached hydrogen (secondary N) is 1. The highest BCUT2D eigenvalue weighted by molar-refractivity contribution is 7.19. The Morgan fingerprint density at radius 1 is 1.20 bits per heavy atom. The molecule has 1 atom stereocenters. The van der Waals surface area contributed by atoms with Crippen LogP contribution in [0.5, 0.6) is 0 Å². The van der Waals surface area contributed by atoms with Gasteiger partial charge < -0.3 is 5.32 Å². The van der Waals surface area contributed by atoms with Crippen LogP contribution in [0.2, 0.25) is 5.02 Å². The van der Waals surface area contributed by atoms with Gasteiger partial charge in [-0.15, -0.1) is 22.7 Å². The quantitative estimate of drug-likeness (QED) is 0.621. The van der Waals surface area contributed by atoms with Crippen molar-refractivity contribution in [3.8, 4) is 0 Å². The van der Waals surface area contributed by atoms with Crippen LogP contribution in [0.4, 0.5) is 0 Å².